The number of ether oxygens (including phenoxy) is 1. The number of aliphatic carboxylic acids is 1. The Morgan fingerprint density at radius 2 is 1.96 bits per heavy atom. The van der Waals surface area contributed by atoms with E-state index in [0.29, 0.717) is 25.9 Å². The van der Waals surface area contributed by atoms with Gasteiger partial charge in [0, 0.05) is 13.1 Å². The summed E-state index contributed by atoms with van der Waals surface area (Å²) in [5.74, 6) is -0.853. The van der Waals surface area contributed by atoms with Crippen LogP contribution in [0.2, 0.25) is 0 Å². The molecule has 1 heterocycles. The highest BCUT2D eigenvalue weighted by atomic mass is 16.5. The van der Waals surface area contributed by atoms with Gasteiger partial charge in [-0.3, -0.25) is 9.59 Å². The van der Waals surface area contributed by atoms with Crippen LogP contribution in [0.25, 0.3) is 0 Å². The predicted molar refractivity (Wildman–Crippen MR) is 105 cm³/mol. The fraction of sp³-hybridized carbons (Fsp3) is 0.571. The molecule has 1 aromatic carbocycles. The second kappa shape index (κ2) is 10.7. The van der Waals surface area contributed by atoms with Crippen molar-refractivity contribution >= 4 is 17.8 Å². The van der Waals surface area contributed by atoms with E-state index >= 15 is 0 Å². The first-order valence-electron chi connectivity index (χ1n) is 9.85. The summed E-state index contributed by atoms with van der Waals surface area (Å²) in [6, 6.07) is 8.41. The van der Waals surface area contributed by atoms with Gasteiger partial charge in [-0.25, -0.2) is 4.79 Å². The summed E-state index contributed by atoms with van der Waals surface area (Å²) < 4.78 is 5.57. The lowest BCUT2D eigenvalue weighted by molar-refractivity contribution is -0.144. The third-order valence-corrected chi connectivity index (χ3v) is 4.79. The lowest BCUT2D eigenvalue weighted by atomic mass is 9.95. The first-order valence-corrected chi connectivity index (χ1v) is 9.85. The number of piperidine rings is 1. The van der Waals surface area contributed by atoms with Crippen LogP contribution in [-0.4, -0.2) is 53.5 Å². The van der Waals surface area contributed by atoms with E-state index in [1.54, 1.807) is 4.90 Å². The van der Waals surface area contributed by atoms with Gasteiger partial charge in [-0.1, -0.05) is 32.0 Å². The maximum atomic E-state index is 12.5. The normalized spacial score (nSPS) is 17.8. The molecule has 0 bridgehead atoms. The zero-order valence-electron chi connectivity index (χ0n) is 16.6. The van der Waals surface area contributed by atoms with Crippen LogP contribution in [0.5, 0.6) is 5.75 Å². The number of benzene rings is 1. The lowest BCUT2D eigenvalue weighted by Gasteiger charge is -2.32. The van der Waals surface area contributed by atoms with Gasteiger partial charge in [-0.2, -0.15) is 0 Å². The van der Waals surface area contributed by atoms with Gasteiger partial charge in [-0.15, -0.1) is 0 Å². The second-order valence-electron chi connectivity index (χ2n) is 7.62. The molecule has 1 saturated heterocycles. The van der Waals surface area contributed by atoms with E-state index in [0.717, 1.165) is 12.2 Å². The molecule has 0 spiro atoms. The number of amides is 2. The molecule has 0 aliphatic carbocycles. The number of para-hydroxylation sites is 1. The van der Waals surface area contributed by atoms with Gasteiger partial charge < -0.3 is 20.1 Å². The number of carboxylic acid groups (broad SMARTS) is 1. The first kappa shape index (κ1) is 21.7. The van der Waals surface area contributed by atoms with Gasteiger partial charge >= 0.3 is 5.97 Å². The van der Waals surface area contributed by atoms with Crippen molar-refractivity contribution in [3.63, 3.8) is 0 Å². The Morgan fingerprint density at radius 1 is 1.25 bits per heavy atom. The highest BCUT2D eigenvalue weighted by Crippen LogP contribution is 2.18. The van der Waals surface area contributed by atoms with Crippen LogP contribution in [0.3, 0.4) is 0 Å². The van der Waals surface area contributed by atoms with Crippen molar-refractivity contribution in [3.8, 4) is 5.75 Å². The molecule has 1 aliphatic rings. The summed E-state index contributed by atoms with van der Waals surface area (Å²) >= 11 is 0. The third-order valence-electron chi connectivity index (χ3n) is 4.79. The molecular formula is C21H30N2O5. The summed E-state index contributed by atoms with van der Waals surface area (Å²) in [6.07, 6.45) is 2.01. The fourth-order valence-electron chi connectivity index (χ4n) is 3.33. The number of carboxylic acids is 1. The maximum absolute atomic E-state index is 12.5. The van der Waals surface area contributed by atoms with Crippen molar-refractivity contribution in [2.45, 2.75) is 45.6 Å². The van der Waals surface area contributed by atoms with Crippen molar-refractivity contribution in [2.75, 3.05) is 19.7 Å². The summed E-state index contributed by atoms with van der Waals surface area (Å²) in [4.78, 5) is 38.0. The van der Waals surface area contributed by atoms with Crippen LogP contribution < -0.4 is 10.1 Å². The number of hydrogen-bond donors (Lipinski definition) is 2. The van der Waals surface area contributed by atoms with Gasteiger partial charge in [-0.05, 0) is 37.3 Å². The van der Waals surface area contributed by atoms with Gasteiger partial charge in [0.1, 0.15) is 11.8 Å². The van der Waals surface area contributed by atoms with E-state index in [-0.39, 0.29) is 36.7 Å². The van der Waals surface area contributed by atoms with Gasteiger partial charge in [0.15, 0.2) is 0 Å². The number of rotatable bonds is 9. The smallest absolute Gasteiger partial charge is 0.326 e. The summed E-state index contributed by atoms with van der Waals surface area (Å²) in [5.41, 5.74) is 0. The van der Waals surface area contributed by atoms with Crippen molar-refractivity contribution in [3.05, 3.63) is 30.3 Å². The molecule has 1 aliphatic heterocycles. The molecule has 0 radical (unpaired) electrons. The monoisotopic (exact) mass is 390 g/mol. The Labute approximate surface area is 166 Å². The molecule has 154 valence electrons. The quantitative estimate of drug-likeness (QED) is 0.675. The van der Waals surface area contributed by atoms with Crippen LogP contribution in [0.15, 0.2) is 30.3 Å². The number of carbonyl (C=O) groups excluding carboxylic acids is 2. The maximum Gasteiger partial charge on any atom is 0.326 e. The van der Waals surface area contributed by atoms with Crippen molar-refractivity contribution < 1.29 is 24.2 Å². The summed E-state index contributed by atoms with van der Waals surface area (Å²) in [7, 11) is 0. The van der Waals surface area contributed by atoms with E-state index in [4.69, 9.17) is 4.74 Å². The minimum atomic E-state index is -1.02. The van der Waals surface area contributed by atoms with E-state index in [1.165, 1.54) is 0 Å². The van der Waals surface area contributed by atoms with Crippen molar-refractivity contribution in [1.82, 2.24) is 10.2 Å². The molecule has 2 amide bonds. The molecule has 7 heteroatoms. The van der Waals surface area contributed by atoms with E-state index < -0.39 is 12.0 Å². The number of hydrogen-bond acceptors (Lipinski definition) is 4. The molecule has 0 aromatic heterocycles. The summed E-state index contributed by atoms with van der Waals surface area (Å²) in [6.45, 7) is 5.05. The molecule has 28 heavy (non-hydrogen) atoms. The van der Waals surface area contributed by atoms with Crippen LogP contribution in [0.4, 0.5) is 0 Å². The Bertz CT molecular complexity index is 662. The van der Waals surface area contributed by atoms with E-state index in [2.05, 4.69) is 5.32 Å². The van der Waals surface area contributed by atoms with Crippen LogP contribution in [0, 0.1) is 11.8 Å². The topological polar surface area (TPSA) is 95.9 Å². The molecule has 1 unspecified atom stereocenters. The number of nitrogens with one attached hydrogen (secondary N) is 1. The molecule has 2 atom stereocenters. The minimum Gasteiger partial charge on any atom is -0.493 e. The zero-order chi connectivity index (χ0) is 20.5. The highest BCUT2D eigenvalue weighted by molar-refractivity contribution is 5.86. The Kier molecular flexibility index (Phi) is 8.29. The van der Waals surface area contributed by atoms with Crippen LogP contribution in [0.1, 0.15) is 39.5 Å². The lowest BCUT2D eigenvalue weighted by Crippen LogP contribution is -2.49. The molecule has 2 rings (SSSR count). The van der Waals surface area contributed by atoms with Crippen molar-refractivity contribution in [1.29, 1.82) is 0 Å². The molecule has 7 nitrogen and oxygen atoms in total. The number of carbonyl (C=O) groups is 3. The molecule has 0 saturated carbocycles. The predicted octanol–water partition coefficient (Wildman–Crippen LogP) is 2.31. The largest absolute Gasteiger partial charge is 0.493 e. The SMILES string of the molecule is CC(C)C[C@H](NC(=O)C1CCCN(C(=O)CCOc2ccccc2)C1)C(=O)O. The Hall–Kier alpha value is -2.57. The first-order chi connectivity index (χ1) is 13.4. The fourth-order valence-corrected chi connectivity index (χ4v) is 3.33. The molecule has 1 aromatic rings. The van der Waals surface area contributed by atoms with E-state index in [9.17, 15) is 19.5 Å². The van der Waals surface area contributed by atoms with Crippen LogP contribution >= 0.6 is 0 Å². The van der Waals surface area contributed by atoms with Gasteiger partial charge in [0.2, 0.25) is 11.8 Å². The number of nitrogens with zero attached hydrogens (tertiary/aromatic N) is 1. The van der Waals surface area contributed by atoms with Gasteiger partial charge in [0.05, 0.1) is 18.9 Å². The average molecular weight is 390 g/mol. The molecular weight excluding hydrogens is 360 g/mol. The van der Waals surface area contributed by atoms with Crippen LogP contribution in [-0.2, 0) is 14.4 Å². The van der Waals surface area contributed by atoms with Crippen molar-refractivity contribution in [2.24, 2.45) is 11.8 Å². The second-order valence-corrected chi connectivity index (χ2v) is 7.62. The molecule has 2 N–H and O–H groups in total. The minimum absolute atomic E-state index is 0.0506. The standard InChI is InChI=1S/C21H30N2O5/c1-15(2)13-18(21(26)27)22-20(25)16-7-6-11-23(14-16)19(24)10-12-28-17-8-4-3-5-9-17/h3-5,8-9,15-16,18H,6-7,10-14H2,1-2H3,(H,22,25)(H,26,27)/t16?,18-/m0/s1. The highest BCUT2D eigenvalue weighted by Gasteiger charge is 2.31. The Balaban J connectivity index is 1.82. The molecule has 1 fully saturated rings. The zero-order valence-corrected chi connectivity index (χ0v) is 16.6. The summed E-state index contributed by atoms with van der Waals surface area (Å²) in [5, 5.41) is 11.9. The Morgan fingerprint density at radius 3 is 2.61 bits per heavy atom. The van der Waals surface area contributed by atoms with Gasteiger partial charge in [0.25, 0.3) is 0 Å². The third kappa shape index (κ3) is 6.87. The van der Waals surface area contributed by atoms with E-state index in [1.807, 2.05) is 44.2 Å². The average Bonchev–Trinajstić information content (AvgIpc) is 2.67. The number of likely N-dealkylation sites (tertiary alicyclic amines) is 1.